The quantitative estimate of drug-likeness (QED) is 0.289. The van der Waals surface area contributed by atoms with Crippen molar-refractivity contribution in [2.75, 3.05) is 6.54 Å². The van der Waals surface area contributed by atoms with E-state index in [0.29, 0.717) is 35.0 Å². The van der Waals surface area contributed by atoms with Crippen LogP contribution in [0.15, 0.2) is 0 Å². The van der Waals surface area contributed by atoms with Gasteiger partial charge in [0.15, 0.2) is 0 Å². The molecule has 0 saturated heterocycles. The normalized spacial score (nSPS) is 38.0. The molecule has 6 heteroatoms. The maximum atomic E-state index is 12.5. The Hall–Kier alpha value is -1.59. The molecule has 234 valence electrons. The predicted octanol–water partition coefficient (Wildman–Crippen LogP) is 7.48. The molecule has 6 nitrogen and oxygen atoms in total. The molecule has 0 aromatic heterocycles. The zero-order valence-corrected chi connectivity index (χ0v) is 27.4. The number of ether oxygens (including phenoxy) is 2. The van der Waals surface area contributed by atoms with Crippen molar-refractivity contribution in [1.29, 1.82) is 0 Å². The number of amides is 1. The third-order valence-electron chi connectivity index (χ3n) is 12.4. The van der Waals surface area contributed by atoms with Gasteiger partial charge in [-0.3, -0.25) is 14.4 Å². The lowest BCUT2D eigenvalue weighted by Crippen LogP contribution is -2.54. The SMILES string of the molecule is CCC(C)C(=O)OC1CCC2(C)C(CCC3C2CCC2(C)C(C(C)CCC(=O)NCC(=O)OC(C)(C)C)CCC32)C1. The Morgan fingerprint density at radius 3 is 2.29 bits per heavy atom. The van der Waals surface area contributed by atoms with Gasteiger partial charge in [-0.2, -0.15) is 0 Å². The second kappa shape index (κ2) is 12.6. The molecule has 0 radical (unpaired) electrons. The van der Waals surface area contributed by atoms with Crippen molar-refractivity contribution < 1.29 is 23.9 Å². The van der Waals surface area contributed by atoms with Crippen LogP contribution in [-0.4, -0.2) is 36.1 Å². The smallest absolute Gasteiger partial charge is 0.325 e. The third kappa shape index (κ3) is 6.98. The summed E-state index contributed by atoms with van der Waals surface area (Å²) in [5.41, 5.74) is 0.195. The standard InChI is InChI=1S/C35H59NO5/c1-9-22(2)32(39)40-25-16-18-34(7)24(20-25)11-12-26-28-14-13-27(35(28,8)19-17-29(26)34)23(3)10-15-30(37)36-21-31(38)41-33(4,5)6/h22-29H,9-21H2,1-8H3,(H,36,37). The van der Waals surface area contributed by atoms with Crippen molar-refractivity contribution in [2.45, 2.75) is 144 Å². The minimum atomic E-state index is -0.540. The molecule has 4 saturated carbocycles. The van der Waals surface area contributed by atoms with Crippen molar-refractivity contribution in [3.05, 3.63) is 0 Å². The summed E-state index contributed by atoms with van der Waals surface area (Å²) >= 11 is 0. The summed E-state index contributed by atoms with van der Waals surface area (Å²) in [6, 6.07) is 0. The second-order valence-corrected chi connectivity index (χ2v) is 15.9. The molecule has 4 aliphatic carbocycles. The molecule has 41 heavy (non-hydrogen) atoms. The number of carbonyl (C=O) groups excluding carboxylic acids is 3. The fourth-order valence-corrected chi connectivity index (χ4v) is 9.94. The fourth-order valence-electron chi connectivity index (χ4n) is 9.94. The highest BCUT2D eigenvalue weighted by Crippen LogP contribution is 2.68. The number of carbonyl (C=O) groups is 3. The first-order chi connectivity index (χ1) is 19.2. The highest BCUT2D eigenvalue weighted by Gasteiger charge is 2.60. The molecule has 10 atom stereocenters. The molecule has 0 aromatic rings. The third-order valence-corrected chi connectivity index (χ3v) is 12.4. The van der Waals surface area contributed by atoms with E-state index >= 15 is 0 Å². The van der Waals surface area contributed by atoms with Gasteiger partial charge in [0.25, 0.3) is 0 Å². The molecule has 4 aliphatic rings. The summed E-state index contributed by atoms with van der Waals surface area (Å²) < 4.78 is 11.3. The lowest BCUT2D eigenvalue weighted by atomic mass is 9.44. The minimum absolute atomic E-state index is 0.000566. The summed E-state index contributed by atoms with van der Waals surface area (Å²) in [6.45, 7) is 17.0. The molecule has 4 fully saturated rings. The van der Waals surface area contributed by atoms with E-state index in [0.717, 1.165) is 43.4 Å². The van der Waals surface area contributed by atoms with Gasteiger partial charge in [-0.05, 0) is 138 Å². The van der Waals surface area contributed by atoms with E-state index < -0.39 is 5.60 Å². The van der Waals surface area contributed by atoms with Crippen LogP contribution in [0.3, 0.4) is 0 Å². The average Bonchev–Trinajstić information content (AvgIpc) is 3.26. The van der Waals surface area contributed by atoms with Gasteiger partial charge in [-0.15, -0.1) is 0 Å². The molecule has 1 amide bonds. The van der Waals surface area contributed by atoms with Gasteiger partial charge in [0.1, 0.15) is 18.2 Å². The van der Waals surface area contributed by atoms with Gasteiger partial charge < -0.3 is 14.8 Å². The minimum Gasteiger partial charge on any atom is -0.462 e. The Kier molecular flexibility index (Phi) is 9.91. The number of hydrogen-bond donors (Lipinski definition) is 1. The first kappa shape index (κ1) is 32.3. The van der Waals surface area contributed by atoms with E-state index in [1.54, 1.807) is 0 Å². The van der Waals surface area contributed by atoms with Gasteiger partial charge in [-0.1, -0.05) is 34.6 Å². The molecule has 1 N–H and O–H groups in total. The highest BCUT2D eigenvalue weighted by molar-refractivity contribution is 5.82. The topological polar surface area (TPSA) is 81.7 Å². The van der Waals surface area contributed by atoms with Crippen molar-refractivity contribution in [1.82, 2.24) is 5.32 Å². The molecule has 4 rings (SSSR count). The van der Waals surface area contributed by atoms with Gasteiger partial charge in [-0.25, -0.2) is 0 Å². The zero-order chi connectivity index (χ0) is 30.2. The Bertz CT molecular complexity index is 957. The van der Waals surface area contributed by atoms with Crippen LogP contribution in [0.4, 0.5) is 0 Å². The molecular formula is C35H59NO5. The Morgan fingerprint density at radius 2 is 1.61 bits per heavy atom. The van der Waals surface area contributed by atoms with Gasteiger partial charge in [0.2, 0.25) is 5.91 Å². The molecule has 0 aromatic carbocycles. The predicted molar refractivity (Wildman–Crippen MR) is 162 cm³/mol. The summed E-state index contributed by atoms with van der Waals surface area (Å²) in [7, 11) is 0. The van der Waals surface area contributed by atoms with Crippen LogP contribution in [0.5, 0.6) is 0 Å². The first-order valence-electron chi connectivity index (χ1n) is 16.9. The molecule has 10 unspecified atom stereocenters. The summed E-state index contributed by atoms with van der Waals surface area (Å²) in [5.74, 6) is 3.77. The van der Waals surface area contributed by atoms with Crippen molar-refractivity contribution in [2.24, 2.45) is 52.3 Å². The van der Waals surface area contributed by atoms with Crippen molar-refractivity contribution >= 4 is 17.8 Å². The monoisotopic (exact) mass is 573 g/mol. The lowest BCUT2D eigenvalue weighted by molar-refractivity contribution is -0.166. The fraction of sp³-hybridized carbons (Fsp3) is 0.914. The molecule has 0 bridgehead atoms. The van der Waals surface area contributed by atoms with E-state index in [1.807, 2.05) is 27.7 Å². The van der Waals surface area contributed by atoms with Crippen molar-refractivity contribution in [3.63, 3.8) is 0 Å². The number of rotatable bonds is 9. The van der Waals surface area contributed by atoms with Crippen LogP contribution < -0.4 is 5.32 Å². The Balaban J connectivity index is 1.31. The summed E-state index contributed by atoms with van der Waals surface area (Å²) in [5, 5.41) is 2.77. The second-order valence-electron chi connectivity index (χ2n) is 15.9. The van der Waals surface area contributed by atoms with Crippen LogP contribution >= 0.6 is 0 Å². The number of fused-ring (bicyclic) bond motifs is 5. The molecule has 0 spiro atoms. The van der Waals surface area contributed by atoms with Gasteiger partial charge >= 0.3 is 11.9 Å². The Morgan fingerprint density at radius 1 is 0.927 bits per heavy atom. The summed E-state index contributed by atoms with van der Waals surface area (Å²) in [6.07, 6.45) is 13.4. The first-order valence-corrected chi connectivity index (χ1v) is 16.9. The largest absolute Gasteiger partial charge is 0.462 e. The van der Waals surface area contributed by atoms with Gasteiger partial charge in [0.05, 0.1) is 5.92 Å². The van der Waals surface area contributed by atoms with Crippen LogP contribution in [-0.2, 0) is 23.9 Å². The van der Waals surface area contributed by atoms with E-state index in [-0.39, 0.29) is 36.4 Å². The summed E-state index contributed by atoms with van der Waals surface area (Å²) in [4.78, 5) is 37.0. The maximum Gasteiger partial charge on any atom is 0.325 e. The lowest BCUT2D eigenvalue weighted by Gasteiger charge is -2.61. The molecule has 0 aliphatic heterocycles. The van der Waals surface area contributed by atoms with Crippen LogP contribution in [0, 0.1) is 52.3 Å². The van der Waals surface area contributed by atoms with Crippen molar-refractivity contribution in [3.8, 4) is 0 Å². The van der Waals surface area contributed by atoms with Crippen LogP contribution in [0.25, 0.3) is 0 Å². The van der Waals surface area contributed by atoms with E-state index in [1.165, 1.54) is 44.9 Å². The van der Waals surface area contributed by atoms with Gasteiger partial charge in [0, 0.05) is 6.42 Å². The average molecular weight is 574 g/mol. The van der Waals surface area contributed by atoms with E-state index in [9.17, 15) is 14.4 Å². The zero-order valence-electron chi connectivity index (χ0n) is 27.4. The number of nitrogens with one attached hydrogen (secondary N) is 1. The number of hydrogen-bond acceptors (Lipinski definition) is 5. The number of esters is 2. The molecular weight excluding hydrogens is 514 g/mol. The van der Waals surface area contributed by atoms with E-state index in [2.05, 4.69) is 33.0 Å². The molecule has 0 heterocycles. The highest BCUT2D eigenvalue weighted by atomic mass is 16.6. The van der Waals surface area contributed by atoms with E-state index in [4.69, 9.17) is 9.47 Å². The van der Waals surface area contributed by atoms with Crippen LogP contribution in [0.1, 0.15) is 132 Å². The Labute approximate surface area is 249 Å². The van der Waals surface area contributed by atoms with Crippen LogP contribution in [0.2, 0.25) is 0 Å². The maximum absolute atomic E-state index is 12.5.